The third kappa shape index (κ3) is 6.86. The van der Waals surface area contributed by atoms with Crippen molar-refractivity contribution in [3.8, 4) is 11.5 Å². The summed E-state index contributed by atoms with van der Waals surface area (Å²) in [6.45, 7) is 7.73. The molecular weight excluding hydrogens is 558 g/mol. The number of aromatic nitrogens is 4. The van der Waals surface area contributed by atoms with Gasteiger partial charge in [0.1, 0.15) is 17.5 Å². The Morgan fingerprint density at radius 2 is 1.75 bits per heavy atom. The first kappa shape index (κ1) is 30.0. The Morgan fingerprint density at radius 3 is 2.43 bits per heavy atom. The molecule has 0 amide bonds. The molecule has 2 aliphatic heterocycles. The van der Waals surface area contributed by atoms with E-state index in [2.05, 4.69) is 25.5 Å². The van der Waals surface area contributed by atoms with Crippen LogP contribution in [0.5, 0.6) is 11.5 Å². The molecule has 6 rings (SSSR count). The third-order valence-electron chi connectivity index (χ3n) is 8.65. The van der Waals surface area contributed by atoms with Gasteiger partial charge in [-0.15, -0.1) is 0 Å². The predicted octanol–water partition coefficient (Wildman–Crippen LogP) is 3.76. The minimum Gasteiger partial charge on any atom is -0.507 e. The lowest BCUT2D eigenvalue weighted by atomic mass is 9.91. The first-order valence-electron chi connectivity index (χ1n) is 15.8. The Balaban J connectivity index is 1.07. The lowest BCUT2D eigenvalue weighted by Crippen LogP contribution is -2.43. The van der Waals surface area contributed by atoms with Gasteiger partial charge < -0.3 is 41.6 Å². The van der Waals surface area contributed by atoms with Crippen LogP contribution in [-0.4, -0.2) is 75.4 Å². The number of benzene rings is 1. The number of hydrogen-bond acceptors (Lipinski definition) is 11. The number of piperidine rings is 2. The normalized spacial score (nSPS) is 21.8. The summed E-state index contributed by atoms with van der Waals surface area (Å²) in [7, 11) is 0. The van der Waals surface area contributed by atoms with E-state index in [4.69, 9.17) is 26.0 Å². The molecular formula is C32H45N9O3. The van der Waals surface area contributed by atoms with E-state index in [0.29, 0.717) is 46.7 Å². The predicted molar refractivity (Wildman–Crippen MR) is 172 cm³/mol. The minimum atomic E-state index is 0.112. The third-order valence-corrected chi connectivity index (χ3v) is 8.65. The lowest BCUT2D eigenvalue weighted by molar-refractivity contribution is -0.103. The van der Waals surface area contributed by atoms with Crippen molar-refractivity contribution in [1.29, 1.82) is 0 Å². The SMILES string of the molecule is CC(C)Nc1nn(C2CCN(c3ncc(OC4CC(OC5CCNCC5)C4)cn3)CC2)c(/C=C(\N)c2ccccc2O)c1N. The summed E-state index contributed by atoms with van der Waals surface area (Å²) in [5.41, 5.74) is 15.3. The number of para-hydroxylation sites is 1. The molecule has 0 spiro atoms. The summed E-state index contributed by atoms with van der Waals surface area (Å²) >= 11 is 0. The molecule has 3 fully saturated rings. The van der Waals surface area contributed by atoms with Crippen molar-refractivity contribution < 1.29 is 14.6 Å². The van der Waals surface area contributed by atoms with Gasteiger partial charge in [-0.05, 0) is 70.8 Å². The fourth-order valence-electron chi connectivity index (χ4n) is 6.17. The van der Waals surface area contributed by atoms with Gasteiger partial charge in [-0.25, -0.2) is 9.97 Å². The second kappa shape index (κ2) is 13.3. The van der Waals surface area contributed by atoms with Crippen LogP contribution >= 0.6 is 0 Å². The van der Waals surface area contributed by atoms with Crippen LogP contribution in [0.1, 0.15) is 69.7 Å². The number of ether oxygens (including phenoxy) is 2. The molecule has 0 atom stereocenters. The van der Waals surface area contributed by atoms with Gasteiger partial charge in [0.15, 0.2) is 11.6 Å². The Morgan fingerprint density at radius 1 is 1.05 bits per heavy atom. The van der Waals surface area contributed by atoms with Crippen molar-refractivity contribution >= 4 is 29.2 Å². The number of aromatic hydroxyl groups is 1. The summed E-state index contributed by atoms with van der Waals surface area (Å²) in [5, 5.41) is 21.9. The highest BCUT2D eigenvalue weighted by Crippen LogP contribution is 2.35. The van der Waals surface area contributed by atoms with Gasteiger partial charge in [-0.2, -0.15) is 5.10 Å². The van der Waals surface area contributed by atoms with E-state index in [0.717, 1.165) is 70.4 Å². The smallest absolute Gasteiger partial charge is 0.225 e. The van der Waals surface area contributed by atoms with Crippen LogP contribution in [0.25, 0.3) is 11.8 Å². The molecule has 2 aromatic heterocycles. The number of hydrogen-bond donors (Lipinski definition) is 5. The van der Waals surface area contributed by atoms with E-state index in [9.17, 15) is 5.11 Å². The van der Waals surface area contributed by atoms with Crippen molar-refractivity contribution in [3.63, 3.8) is 0 Å². The monoisotopic (exact) mass is 603 g/mol. The number of rotatable bonds is 10. The molecule has 44 heavy (non-hydrogen) atoms. The number of nitrogen functional groups attached to an aromatic ring is 1. The standard InChI is InChI=1S/C32H45N9O3/c1-20(2)38-31-30(34)28(17-27(33)26-5-3-4-6-29(26)42)41(39-31)21-9-13-40(14-10-21)32-36-18-25(19-37-32)44-24-15-23(16-24)43-22-7-11-35-12-8-22/h3-6,17-24,35,42H,7-16,33-34H2,1-2H3,(H,38,39)/b27-17-. The molecule has 1 aliphatic carbocycles. The van der Waals surface area contributed by atoms with E-state index in [-0.39, 0.29) is 23.9 Å². The molecule has 4 heterocycles. The second-order valence-corrected chi connectivity index (χ2v) is 12.4. The maximum atomic E-state index is 10.3. The molecule has 12 heteroatoms. The van der Waals surface area contributed by atoms with Gasteiger partial charge >= 0.3 is 0 Å². The second-order valence-electron chi connectivity index (χ2n) is 12.4. The van der Waals surface area contributed by atoms with Crippen LogP contribution in [0, 0.1) is 0 Å². The quantitative estimate of drug-likeness (QED) is 0.229. The van der Waals surface area contributed by atoms with Crippen molar-refractivity contribution in [2.24, 2.45) is 5.73 Å². The zero-order chi connectivity index (χ0) is 30.6. The average Bonchev–Trinajstić information content (AvgIpc) is 3.30. The number of nitrogens with zero attached hydrogens (tertiary/aromatic N) is 5. The lowest BCUT2D eigenvalue weighted by Gasteiger charge is -2.38. The zero-order valence-corrected chi connectivity index (χ0v) is 25.7. The molecule has 3 aromatic rings. The fourth-order valence-corrected chi connectivity index (χ4v) is 6.17. The van der Waals surface area contributed by atoms with Crippen LogP contribution in [-0.2, 0) is 4.74 Å². The van der Waals surface area contributed by atoms with Gasteiger partial charge in [-0.1, -0.05) is 12.1 Å². The highest BCUT2D eigenvalue weighted by Gasteiger charge is 2.34. The Labute approximate surface area is 258 Å². The van der Waals surface area contributed by atoms with Gasteiger partial charge in [0.05, 0.1) is 36.3 Å². The molecule has 0 unspecified atom stereocenters. The molecule has 0 bridgehead atoms. The van der Waals surface area contributed by atoms with Crippen LogP contribution in [0.15, 0.2) is 36.7 Å². The minimum absolute atomic E-state index is 0.112. The number of anilines is 3. The molecule has 1 aromatic carbocycles. The first-order valence-corrected chi connectivity index (χ1v) is 15.8. The van der Waals surface area contributed by atoms with Gasteiger partial charge in [-0.3, -0.25) is 4.68 Å². The molecule has 7 N–H and O–H groups in total. The Hall–Kier alpha value is -4.03. The van der Waals surface area contributed by atoms with Gasteiger partial charge in [0, 0.05) is 43.2 Å². The number of nitrogens with two attached hydrogens (primary N) is 2. The summed E-state index contributed by atoms with van der Waals surface area (Å²) in [6, 6.07) is 7.29. The highest BCUT2D eigenvalue weighted by molar-refractivity contribution is 5.86. The summed E-state index contributed by atoms with van der Waals surface area (Å²) < 4.78 is 14.3. The Kier molecular flexibility index (Phi) is 9.08. The van der Waals surface area contributed by atoms with E-state index in [1.807, 2.05) is 24.6 Å². The fraction of sp³-hybridized carbons (Fsp3) is 0.531. The van der Waals surface area contributed by atoms with E-state index < -0.39 is 0 Å². The molecule has 0 radical (unpaired) electrons. The molecule has 12 nitrogen and oxygen atoms in total. The maximum absolute atomic E-state index is 10.3. The van der Waals surface area contributed by atoms with E-state index >= 15 is 0 Å². The zero-order valence-electron chi connectivity index (χ0n) is 25.7. The van der Waals surface area contributed by atoms with Crippen LogP contribution < -0.4 is 31.7 Å². The van der Waals surface area contributed by atoms with Crippen LogP contribution in [0.3, 0.4) is 0 Å². The van der Waals surface area contributed by atoms with Crippen molar-refractivity contribution in [2.75, 3.05) is 42.1 Å². The number of phenolic OH excluding ortho intramolecular Hbond substituents is 1. The van der Waals surface area contributed by atoms with E-state index in [1.165, 1.54) is 0 Å². The molecule has 2 saturated heterocycles. The summed E-state index contributed by atoms with van der Waals surface area (Å²) in [6.07, 6.45) is 11.9. The summed E-state index contributed by atoms with van der Waals surface area (Å²) in [4.78, 5) is 11.4. The topological polar surface area (TPSA) is 162 Å². The average molecular weight is 604 g/mol. The van der Waals surface area contributed by atoms with Crippen molar-refractivity contribution in [2.45, 2.75) is 82.8 Å². The molecule has 1 saturated carbocycles. The molecule has 236 valence electrons. The highest BCUT2D eigenvalue weighted by atomic mass is 16.5. The number of nitrogens with one attached hydrogen (secondary N) is 2. The first-order chi connectivity index (χ1) is 21.3. The maximum Gasteiger partial charge on any atom is 0.225 e. The van der Waals surface area contributed by atoms with Crippen LogP contribution in [0.4, 0.5) is 17.5 Å². The molecule has 3 aliphatic rings. The van der Waals surface area contributed by atoms with Crippen molar-refractivity contribution in [1.82, 2.24) is 25.1 Å². The van der Waals surface area contributed by atoms with Crippen LogP contribution in [0.2, 0.25) is 0 Å². The summed E-state index contributed by atoms with van der Waals surface area (Å²) in [5.74, 6) is 2.15. The van der Waals surface area contributed by atoms with E-state index in [1.54, 1.807) is 36.7 Å². The number of phenols is 1. The largest absolute Gasteiger partial charge is 0.507 e. The van der Waals surface area contributed by atoms with Gasteiger partial charge in [0.2, 0.25) is 5.95 Å². The Bertz CT molecular complexity index is 1420. The van der Waals surface area contributed by atoms with Gasteiger partial charge in [0.25, 0.3) is 0 Å². The van der Waals surface area contributed by atoms with Crippen molar-refractivity contribution in [3.05, 3.63) is 47.9 Å².